The van der Waals surface area contributed by atoms with Gasteiger partial charge >= 0.3 is 0 Å². The van der Waals surface area contributed by atoms with Gasteiger partial charge in [0, 0.05) is 5.56 Å². The SMILES string of the molecule is O=S(=O)(c1ccccc1)N1CC(c2cccc3ccccc23)Oc2ccccc21. The highest BCUT2D eigenvalue weighted by atomic mass is 32.2. The molecule has 0 amide bonds. The van der Waals surface area contributed by atoms with Crippen LogP contribution in [-0.4, -0.2) is 15.0 Å². The van der Waals surface area contributed by atoms with Gasteiger partial charge in [-0.05, 0) is 35.0 Å². The van der Waals surface area contributed by atoms with E-state index in [-0.39, 0.29) is 11.4 Å². The summed E-state index contributed by atoms with van der Waals surface area (Å²) >= 11 is 0. The number of rotatable bonds is 3. The molecule has 29 heavy (non-hydrogen) atoms. The van der Waals surface area contributed by atoms with Crippen molar-refractivity contribution in [2.45, 2.75) is 11.0 Å². The Kier molecular flexibility index (Phi) is 4.25. The standard InChI is InChI=1S/C24H19NO3S/c26-29(27,19-11-2-1-3-12-19)25-17-24(28-23-16-7-6-15-22(23)25)21-14-8-10-18-9-4-5-13-20(18)21/h1-16,24H,17H2. The molecule has 1 atom stereocenters. The molecule has 144 valence electrons. The number of nitrogens with zero attached hydrogens (tertiary/aromatic N) is 1. The van der Waals surface area contributed by atoms with E-state index in [1.807, 2.05) is 66.7 Å². The summed E-state index contributed by atoms with van der Waals surface area (Å²) in [6.45, 7) is 0.211. The van der Waals surface area contributed by atoms with Crippen LogP contribution in [0.1, 0.15) is 11.7 Å². The van der Waals surface area contributed by atoms with Crippen LogP contribution in [0.2, 0.25) is 0 Å². The second kappa shape index (κ2) is 6.94. The monoisotopic (exact) mass is 401 g/mol. The Labute approximate surface area is 170 Å². The predicted octanol–water partition coefficient (Wildman–Crippen LogP) is 5.17. The predicted molar refractivity (Wildman–Crippen MR) is 115 cm³/mol. The number of para-hydroxylation sites is 2. The maximum Gasteiger partial charge on any atom is 0.264 e. The number of sulfonamides is 1. The first-order chi connectivity index (χ1) is 14.1. The molecule has 0 fully saturated rings. The van der Waals surface area contributed by atoms with Gasteiger partial charge in [0.1, 0.15) is 11.9 Å². The fourth-order valence-corrected chi connectivity index (χ4v) is 5.34. The number of benzene rings is 4. The first kappa shape index (κ1) is 17.8. The number of ether oxygens (including phenoxy) is 1. The smallest absolute Gasteiger partial charge is 0.264 e. The van der Waals surface area contributed by atoms with Crippen LogP contribution in [0, 0.1) is 0 Å². The van der Waals surface area contributed by atoms with Gasteiger partial charge in [0.25, 0.3) is 10.0 Å². The van der Waals surface area contributed by atoms with Crippen molar-refractivity contribution < 1.29 is 13.2 Å². The Bertz CT molecular complexity index is 1280. The molecule has 0 saturated heterocycles. The number of hydrogen-bond donors (Lipinski definition) is 0. The molecule has 1 heterocycles. The lowest BCUT2D eigenvalue weighted by Crippen LogP contribution is -2.39. The van der Waals surface area contributed by atoms with Crippen molar-refractivity contribution in [2.24, 2.45) is 0 Å². The molecule has 0 N–H and O–H groups in total. The van der Waals surface area contributed by atoms with Crippen LogP contribution >= 0.6 is 0 Å². The summed E-state index contributed by atoms with van der Waals surface area (Å²) in [6.07, 6.45) is -0.408. The zero-order valence-electron chi connectivity index (χ0n) is 15.6. The highest BCUT2D eigenvalue weighted by Crippen LogP contribution is 2.41. The largest absolute Gasteiger partial charge is 0.482 e. The summed E-state index contributed by atoms with van der Waals surface area (Å²) < 4.78 is 34.7. The van der Waals surface area contributed by atoms with Crippen molar-refractivity contribution in [1.82, 2.24) is 0 Å². The van der Waals surface area contributed by atoms with Gasteiger partial charge in [0.2, 0.25) is 0 Å². The Balaban J connectivity index is 1.65. The van der Waals surface area contributed by atoms with Crippen molar-refractivity contribution in [3.05, 3.63) is 103 Å². The normalized spacial score (nSPS) is 16.3. The van der Waals surface area contributed by atoms with Crippen molar-refractivity contribution >= 4 is 26.5 Å². The lowest BCUT2D eigenvalue weighted by atomic mass is 9.99. The lowest BCUT2D eigenvalue weighted by Gasteiger charge is -2.36. The first-order valence-corrected chi connectivity index (χ1v) is 10.9. The average Bonchev–Trinajstić information content (AvgIpc) is 2.78. The third-order valence-electron chi connectivity index (χ3n) is 5.24. The molecule has 4 nitrogen and oxygen atoms in total. The van der Waals surface area contributed by atoms with Gasteiger partial charge in [-0.15, -0.1) is 0 Å². The molecular weight excluding hydrogens is 382 g/mol. The zero-order chi connectivity index (χ0) is 19.8. The summed E-state index contributed by atoms with van der Waals surface area (Å²) in [5.41, 5.74) is 1.54. The van der Waals surface area contributed by atoms with Crippen LogP contribution < -0.4 is 9.04 Å². The van der Waals surface area contributed by atoms with Gasteiger partial charge in [0.05, 0.1) is 17.1 Å². The topological polar surface area (TPSA) is 46.6 Å². The minimum absolute atomic E-state index is 0.211. The Hall–Kier alpha value is -3.31. The van der Waals surface area contributed by atoms with E-state index in [2.05, 4.69) is 0 Å². The number of hydrogen-bond acceptors (Lipinski definition) is 3. The third-order valence-corrected chi connectivity index (χ3v) is 7.03. The molecular formula is C24H19NO3S. The second-order valence-electron chi connectivity index (χ2n) is 6.99. The highest BCUT2D eigenvalue weighted by molar-refractivity contribution is 7.92. The average molecular weight is 401 g/mol. The van der Waals surface area contributed by atoms with Gasteiger partial charge in [-0.1, -0.05) is 72.8 Å². The Morgan fingerprint density at radius 2 is 1.45 bits per heavy atom. The first-order valence-electron chi connectivity index (χ1n) is 9.46. The van der Waals surface area contributed by atoms with Crippen LogP contribution in [0.25, 0.3) is 10.8 Å². The molecule has 0 bridgehead atoms. The van der Waals surface area contributed by atoms with E-state index in [1.54, 1.807) is 30.3 Å². The molecule has 1 aliphatic heterocycles. The molecule has 4 aromatic rings. The van der Waals surface area contributed by atoms with Crippen molar-refractivity contribution in [3.63, 3.8) is 0 Å². The van der Waals surface area contributed by atoms with E-state index >= 15 is 0 Å². The highest BCUT2D eigenvalue weighted by Gasteiger charge is 2.35. The molecule has 0 aromatic heterocycles. The summed E-state index contributed by atoms with van der Waals surface area (Å²) in [7, 11) is -3.72. The zero-order valence-corrected chi connectivity index (χ0v) is 16.4. The molecule has 0 radical (unpaired) electrons. The minimum Gasteiger partial charge on any atom is -0.482 e. The van der Waals surface area contributed by atoms with E-state index in [0.717, 1.165) is 16.3 Å². The van der Waals surface area contributed by atoms with Crippen molar-refractivity contribution in [1.29, 1.82) is 0 Å². The maximum absolute atomic E-state index is 13.5. The minimum atomic E-state index is -3.72. The van der Waals surface area contributed by atoms with Gasteiger partial charge in [-0.2, -0.15) is 0 Å². The maximum atomic E-state index is 13.5. The van der Waals surface area contributed by atoms with E-state index in [9.17, 15) is 8.42 Å². The van der Waals surface area contributed by atoms with Crippen LogP contribution in [0.15, 0.2) is 102 Å². The van der Waals surface area contributed by atoms with Gasteiger partial charge in [-0.3, -0.25) is 4.31 Å². The van der Waals surface area contributed by atoms with Crippen LogP contribution in [0.4, 0.5) is 5.69 Å². The Morgan fingerprint density at radius 1 is 0.759 bits per heavy atom. The summed E-state index contributed by atoms with van der Waals surface area (Å²) in [5.74, 6) is 0.566. The molecule has 0 saturated carbocycles. The molecule has 0 aliphatic carbocycles. The van der Waals surface area contributed by atoms with Gasteiger partial charge < -0.3 is 4.74 Å². The van der Waals surface area contributed by atoms with Gasteiger partial charge in [-0.25, -0.2) is 8.42 Å². The van der Waals surface area contributed by atoms with Crippen LogP contribution in [0.5, 0.6) is 5.75 Å². The molecule has 5 rings (SSSR count). The van der Waals surface area contributed by atoms with E-state index < -0.39 is 16.1 Å². The lowest BCUT2D eigenvalue weighted by molar-refractivity contribution is 0.205. The second-order valence-corrected chi connectivity index (χ2v) is 8.85. The van der Waals surface area contributed by atoms with Crippen LogP contribution in [-0.2, 0) is 10.0 Å². The third kappa shape index (κ3) is 3.04. The fraction of sp³-hybridized carbons (Fsp3) is 0.0833. The summed E-state index contributed by atoms with van der Waals surface area (Å²) in [4.78, 5) is 0.272. The van der Waals surface area contributed by atoms with Crippen molar-refractivity contribution in [3.8, 4) is 5.75 Å². The van der Waals surface area contributed by atoms with E-state index in [4.69, 9.17) is 4.74 Å². The number of anilines is 1. The fourth-order valence-electron chi connectivity index (χ4n) is 3.84. The van der Waals surface area contributed by atoms with Crippen molar-refractivity contribution in [2.75, 3.05) is 10.8 Å². The van der Waals surface area contributed by atoms with Crippen LogP contribution in [0.3, 0.4) is 0 Å². The number of fused-ring (bicyclic) bond motifs is 2. The summed E-state index contributed by atoms with van der Waals surface area (Å²) in [5, 5.41) is 2.17. The van der Waals surface area contributed by atoms with Gasteiger partial charge in [0.15, 0.2) is 0 Å². The molecule has 4 aromatic carbocycles. The molecule has 1 unspecified atom stereocenters. The molecule has 1 aliphatic rings. The Morgan fingerprint density at radius 3 is 2.31 bits per heavy atom. The summed E-state index contributed by atoms with van der Waals surface area (Å²) in [6, 6.07) is 29.9. The van der Waals surface area contributed by atoms with E-state index in [1.165, 1.54) is 4.31 Å². The molecule has 5 heteroatoms. The van der Waals surface area contributed by atoms with E-state index in [0.29, 0.717) is 11.4 Å². The molecule has 0 spiro atoms. The quantitative estimate of drug-likeness (QED) is 0.476.